The summed E-state index contributed by atoms with van der Waals surface area (Å²) >= 11 is 0. The molecule has 0 saturated heterocycles. The molecule has 0 atom stereocenters. The third-order valence-electron chi connectivity index (χ3n) is 3.18. The largest absolute Gasteiger partial charge is 0.378 e. The summed E-state index contributed by atoms with van der Waals surface area (Å²) in [6.07, 6.45) is 6.52. The maximum Gasteiger partial charge on any atom is 0.143 e. The second kappa shape index (κ2) is 6.17. The monoisotopic (exact) mass is 283 g/mol. The summed E-state index contributed by atoms with van der Waals surface area (Å²) < 4.78 is 3.79. The number of anilines is 1. The predicted molar refractivity (Wildman–Crippen MR) is 79.0 cm³/mol. The summed E-state index contributed by atoms with van der Waals surface area (Å²) in [6, 6.07) is 7.95. The highest BCUT2D eigenvalue weighted by Gasteiger charge is 2.03. The average molecular weight is 283 g/mol. The molecule has 0 radical (unpaired) electrons. The molecular formula is C14H17N7. The number of tetrazole rings is 1. The van der Waals surface area contributed by atoms with Crippen molar-refractivity contribution < 1.29 is 0 Å². The van der Waals surface area contributed by atoms with Gasteiger partial charge in [-0.15, -0.1) is 5.10 Å². The van der Waals surface area contributed by atoms with E-state index < -0.39 is 0 Å². The summed E-state index contributed by atoms with van der Waals surface area (Å²) in [5.41, 5.74) is 1.93. The number of hydrogen-bond acceptors (Lipinski definition) is 5. The van der Waals surface area contributed by atoms with Crippen LogP contribution in [0, 0.1) is 0 Å². The van der Waals surface area contributed by atoms with Crippen molar-refractivity contribution in [2.24, 2.45) is 0 Å². The summed E-state index contributed by atoms with van der Waals surface area (Å²) in [6.45, 7) is 3.83. The Hall–Kier alpha value is -2.70. The molecule has 3 rings (SSSR count). The molecule has 0 spiro atoms. The smallest absolute Gasteiger partial charge is 0.143 e. The van der Waals surface area contributed by atoms with Gasteiger partial charge in [0.1, 0.15) is 12.2 Å². The summed E-state index contributed by atoms with van der Waals surface area (Å²) in [4.78, 5) is 4.39. The van der Waals surface area contributed by atoms with Crippen LogP contribution < -0.4 is 5.32 Å². The van der Waals surface area contributed by atoms with Gasteiger partial charge in [-0.3, -0.25) is 0 Å². The van der Waals surface area contributed by atoms with Gasteiger partial charge in [0.25, 0.3) is 0 Å². The molecular weight excluding hydrogens is 266 g/mol. The Kier molecular flexibility index (Phi) is 3.90. The van der Waals surface area contributed by atoms with Crippen molar-refractivity contribution in [3.63, 3.8) is 0 Å². The first-order valence-electron chi connectivity index (χ1n) is 6.94. The third kappa shape index (κ3) is 3.07. The Morgan fingerprint density at radius 1 is 1.29 bits per heavy atom. The van der Waals surface area contributed by atoms with Crippen LogP contribution in [0.1, 0.15) is 19.2 Å². The van der Waals surface area contributed by atoms with Gasteiger partial charge in [0.2, 0.25) is 0 Å². The van der Waals surface area contributed by atoms with Crippen LogP contribution in [0.4, 0.5) is 5.69 Å². The number of hydrogen-bond donors (Lipinski definition) is 1. The lowest BCUT2D eigenvalue weighted by molar-refractivity contribution is 0.644. The molecule has 0 aliphatic carbocycles. The van der Waals surface area contributed by atoms with Crippen molar-refractivity contribution in [3.05, 3.63) is 48.8 Å². The van der Waals surface area contributed by atoms with E-state index >= 15 is 0 Å². The van der Waals surface area contributed by atoms with Crippen LogP contribution in [0.15, 0.2) is 43.0 Å². The van der Waals surface area contributed by atoms with E-state index in [1.807, 2.05) is 36.7 Å². The number of imidazole rings is 1. The number of aryl methyl sites for hydroxylation is 1. The Bertz CT molecular complexity index is 687. The van der Waals surface area contributed by atoms with Gasteiger partial charge in [-0.2, -0.15) is 0 Å². The van der Waals surface area contributed by atoms with Gasteiger partial charge in [-0.1, -0.05) is 13.0 Å². The maximum atomic E-state index is 4.39. The van der Waals surface area contributed by atoms with Gasteiger partial charge in [-0.25, -0.2) is 9.67 Å². The zero-order valence-electron chi connectivity index (χ0n) is 11.8. The molecule has 2 heterocycles. The molecule has 3 aromatic rings. The van der Waals surface area contributed by atoms with E-state index in [1.54, 1.807) is 11.0 Å². The molecule has 0 fully saturated rings. The van der Waals surface area contributed by atoms with Crippen molar-refractivity contribution in [2.45, 2.75) is 26.4 Å². The number of benzene rings is 1. The zero-order chi connectivity index (χ0) is 14.5. The predicted octanol–water partition coefficient (Wildman–Crippen LogP) is 1.88. The molecule has 0 aliphatic rings. The molecule has 0 saturated carbocycles. The molecule has 0 unspecified atom stereocenters. The summed E-state index contributed by atoms with van der Waals surface area (Å²) in [5, 5.41) is 14.6. The van der Waals surface area contributed by atoms with E-state index in [1.165, 1.54) is 0 Å². The Morgan fingerprint density at radius 3 is 3.05 bits per heavy atom. The fraction of sp³-hybridized carbons (Fsp3) is 0.286. The van der Waals surface area contributed by atoms with Crippen molar-refractivity contribution in [1.82, 2.24) is 29.8 Å². The fourth-order valence-electron chi connectivity index (χ4n) is 2.17. The fourth-order valence-corrected chi connectivity index (χ4v) is 2.17. The SMILES string of the molecule is CCCn1ccnc1CNc1cccc(-n2cnnn2)c1. The summed E-state index contributed by atoms with van der Waals surface area (Å²) in [7, 11) is 0. The number of nitrogens with zero attached hydrogens (tertiary/aromatic N) is 6. The lowest BCUT2D eigenvalue weighted by atomic mass is 10.3. The van der Waals surface area contributed by atoms with E-state index in [0.29, 0.717) is 6.54 Å². The molecule has 0 aliphatic heterocycles. The molecule has 1 N–H and O–H groups in total. The van der Waals surface area contributed by atoms with Crippen LogP contribution in [-0.4, -0.2) is 29.8 Å². The van der Waals surface area contributed by atoms with Crippen LogP contribution in [0.5, 0.6) is 0 Å². The van der Waals surface area contributed by atoms with Crippen molar-refractivity contribution in [1.29, 1.82) is 0 Å². The standard InChI is InChI=1S/C14H17N7/c1-2-7-20-8-6-15-14(20)10-16-12-4-3-5-13(9-12)21-11-17-18-19-21/h3-6,8-9,11,16H,2,7,10H2,1H3. The first-order chi connectivity index (χ1) is 10.4. The Labute approximate surface area is 122 Å². The highest BCUT2D eigenvalue weighted by atomic mass is 15.5. The molecule has 2 aromatic heterocycles. The lowest BCUT2D eigenvalue weighted by Gasteiger charge is -2.09. The van der Waals surface area contributed by atoms with Crippen molar-refractivity contribution >= 4 is 5.69 Å². The zero-order valence-corrected chi connectivity index (χ0v) is 11.8. The van der Waals surface area contributed by atoms with Gasteiger partial charge in [-0.05, 0) is 35.0 Å². The van der Waals surface area contributed by atoms with Crippen LogP contribution >= 0.6 is 0 Å². The van der Waals surface area contributed by atoms with Crippen molar-refractivity contribution in [2.75, 3.05) is 5.32 Å². The van der Waals surface area contributed by atoms with Gasteiger partial charge < -0.3 is 9.88 Å². The lowest BCUT2D eigenvalue weighted by Crippen LogP contribution is -2.08. The normalized spacial score (nSPS) is 10.7. The van der Waals surface area contributed by atoms with Gasteiger partial charge in [0, 0.05) is 24.6 Å². The van der Waals surface area contributed by atoms with Crippen molar-refractivity contribution in [3.8, 4) is 5.69 Å². The van der Waals surface area contributed by atoms with E-state index in [4.69, 9.17) is 0 Å². The summed E-state index contributed by atoms with van der Waals surface area (Å²) in [5.74, 6) is 1.03. The minimum Gasteiger partial charge on any atom is -0.378 e. The molecule has 0 amide bonds. The second-order valence-corrected chi connectivity index (χ2v) is 4.70. The van der Waals surface area contributed by atoms with E-state index in [9.17, 15) is 0 Å². The molecule has 7 nitrogen and oxygen atoms in total. The molecule has 7 heteroatoms. The molecule has 108 valence electrons. The van der Waals surface area contributed by atoms with Crippen LogP contribution in [-0.2, 0) is 13.1 Å². The van der Waals surface area contributed by atoms with E-state index in [2.05, 4.69) is 37.3 Å². The van der Waals surface area contributed by atoms with E-state index in [-0.39, 0.29) is 0 Å². The van der Waals surface area contributed by atoms with Gasteiger partial charge in [0.15, 0.2) is 0 Å². The second-order valence-electron chi connectivity index (χ2n) is 4.70. The van der Waals surface area contributed by atoms with E-state index in [0.717, 1.165) is 30.2 Å². The highest BCUT2D eigenvalue weighted by molar-refractivity contribution is 5.50. The molecule has 21 heavy (non-hydrogen) atoms. The highest BCUT2D eigenvalue weighted by Crippen LogP contribution is 2.14. The molecule has 0 bridgehead atoms. The number of nitrogens with one attached hydrogen (secondary N) is 1. The third-order valence-corrected chi connectivity index (χ3v) is 3.18. The molecule has 1 aromatic carbocycles. The minimum absolute atomic E-state index is 0.687. The first kappa shape index (κ1) is 13.3. The number of rotatable bonds is 6. The van der Waals surface area contributed by atoms with Crippen LogP contribution in [0.3, 0.4) is 0 Å². The van der Waals surface area contributed by atoms with Gasteiger partial charge >= 0.3 is 0 Å². The Morgan fingerprint density at radius 2 is 2.24 bits per heavy atom. The quantitative estimate of drug-likeness (QED) is 0.747. The average Bonchev–Trinajstić information content (AvgIpc) is 3.18. The number of aromatic nitrogens is 6. The van der Waals surface area contributed by atoms with Crippen LogP contribution in [0.2, 0.25) is 0 Å². The first-order valence-corrected chi connectivity index (χ1v) is 6.94. The topological polar surface area (TPSA) is 73.5 Å². The Balaban J connectivity index is 1.71. The maximum absolute atomic E-state index is 4.39. The minimum atomic E-state index is 0.687. The van der Waals surface area contributed by atoms with Gasteiger partial charge in [0.05, 0.1) is 12.2 Å². The van der Waals surface area contributed by atoms with Crippen LogP contribution in [0.25, 0.3) is 5.69 Å².